The van der Waals surface area contributed by atoms with Crippen LogP contribution in [0.4, 0.5) is 0 Å². The fourth-order valence-corrected chi connectivity index (χ4v) is 2.43. The molecule has 104 valence electrons. The number of amides is 1. The number of halogens is 1. The lowest BCUT2D eigenvalue weighted by atomic mass is 10.00. The van der Waals surface area contributed by atoms with E-state index in [0.717, 1.165) is 23.9 Å². The molecule has 19 heavy (non-hydrogen) atoms. The SMILES string of the molecule is CC1NCCCC1NC(=O)COc1ccc(Br)cc1. The molecule has 0 saturated carbocycles. The van der Waals surface area contributed by atoms with Gasteiger partial charge in [0.15, 0.2) is 6.61 Å². The van der Waals surface area contributed by atoms with Gasteiger partial charge in [-0.15, -0.1) is 0 Å². The molecule has 2 unspecified atom stereocenters. The molecule has 1 aliphatic rings. The molecule has 1 saturated heterocycles. The molecule has 2 atom stereocenters. The smallest absolute Gasteiger partial charge is 0.258 e. The lowest BCUT2D eigenvalue weighted by molar-refractivity contribution is -0.124. The third kappa shape index (κ3) is 4.51. The highest BCUT2D eigenvalue weighted by atomic mass is 79.9. The molecule has 0 aromatic heterocycles. The molecule has 5 heteroatoms. The van der Waals surface area contributed by atoms with Crippen LogP contribution in [0.2, 0.25) is 0 Å². The number of carbonyl (C=O) groups excluding carboxylic acids is 1. The average Bonchev–Trinajstić information content (AvgIpc) is 2.41. The molecule has 1 aromatic carbocycles. The number of rotatable bonds is 4. The Kier molecular flexibility index (Phi) is 5.22. The van der Waals surface area contributed by atoms with E-state index in [4.69, 9.17) is 4.74 Å². The fraction of sp³-hybridized carbons (Fsp3) is 0.500. The van der Waals surface area contributed by atoms with E-state index in [-0.39, 0.29) is 18.6 Å². The summed E-state index contributed by atoms with van der Waals surface area (Å²) in [5, 5.41) is 6.37. The quantitative estimate of drug-likeness (QED) is 0.890. The van der Waals surface area contributed by atoms with Crippen LogP contribution in [0, 0.1) is 0 Å². The number of benzene rings is 1. The first-order chi connectivity index (χ1) is 9.15. The fourth-order valence-electron chi connectivity index (χ4n) is 2.17. The van der Waals surface area contributed by atoms with E-state index in [2.05, 4.69) is 33.5 Å². The minimum Gasteiger partial charge on any atom is -0.484 e. The van der Waals surface area contributed by atoms with Gasteiger partial charge in [0.05, 0.1) is 0 Å². The highest BCUT2D eigenvalue weighted by Crippen LogP contribution is 2.16. The average molecular weight is 327 g/mol. The van der Waals surface area contributed by atoms with Crippen LogP contribution in [0.1, 0.15) is 19.8 Å². The van der Waals surface area contributed by atoms with Crippen molar-refractivity contribution in [3.05, 3.63) is 28.7 Å². The summed E-state index contributed by atoms with van der Waals surface area (Å²) in [5.41, 5.74) is 0. The van der Waals surface area contributed by atoms with Crippen LogP contribution in [0.15, 0.2) is 28.7 Å². The summed E-state index contributed by atoms with van der Waals surface area (Å²) < 4.78 is 6.44. The predicted molar refractivity (Wildman–Crippen MR) is 78.3 cm³/mol. The van der Waals surface area contributed by atoms with Crippen molar-refractivity contribution in [1.29, 1.82) is 0 Å². The molecule has 0 aliphatic carbocycles. The Morgan fingerprint density at radius 1 is 1.47 bits per heavy atom. The third-order valence-corrected chi connectivity index (χ3v) is 3.82. The van der Waals surface area contributed by atoms with Gasteiger partial charge in [-0.05, 0) is 50.6 Å². The number of ether oxygens (including phenoxy) is 1. The van der Waals surface area contributed by atoms with Crippen LogP contribution >= 0.6 is 15.9 Å². The van der Waals surface area contributed by atoms with Gasteiger partial charge in [-0.2, -0.15) is 0 Å². The van der Waals surface area contributed by atoms with Crippen molar-refractivity contribution in [2.75, 3.05) is 13.2 Å². The Balaban J connectivity index is 1.76. The molecule has 2 rings (SSSR count). The van der Waals surface area contributed by atoms with Crippen molar-refractivity contribution in [1.82, 2.24) is 10.6 Å². The molecule has 1 fully saturated rings. The van der Waals surface area contributed by atoms with Gasteiger partial charge in [-0.1, -0.05) is 15.9 Å². The maximum absolute atomic E-state index is 11.8. The van der Waals surface area contributed by atoms with Crippen molar-refractivity contribution in [2.24, 2.45) is 0 Å². The second-order valence-electron chi connectivity index (χ2n) is 4.80. The second-order valence-corrected chi connectivity index (χ2v) is 5.72. The number of piperidine rings is 1. The zero-order valence-corrected chi connectivity index (χ0v) is 12.6. The minimum absolute atomic E-state index is 0.0604. The van der Waals surface area contributed by atoms with Gasteiger partial charge in [0.1, 0.15) is 5.75 Å². The zero-order chi connectivity index (χ0) is 13.7. The Hall–Kier alpha value is -1.07. The summed E-state index contributed by atoms with van der Waals surface area (Å²) in [6, 6.07) is 7.98. The van der Waals surface area contributed by atoms with Crippen molar-refractivity contribution in [3.8, 4) is 5.75 Å². The summed E-state index contributed by atoms with van der Waals surface area (Å²) in [7, 11) is 0. The molecule has 1 amide bonds. The van der Waals surface area contributed by atoms with Crippen LogP contribution in [0.25, 0.3) is 0 Å². The molecular weight excluding hydrogens is 308 g/mol. The van der Waals surface area contributed by atoms with Crippen molar-refractivity contribution in [2.45, 2.75) is 31.8 Å². The van der Waals surface area contributed by atoms with E-state index in [1.165, 1.54) is 0 Å². The molecule has 1 heterocycles. The Labute approximate surface area is 122 Å². The Bertz CT molecular complexity index is 422. The maximum Gasteiger partial charge on any atom is 0.258 e. The highest BCUT2D eigenvalue weighted by Gasteiger charge is 2.22. The molecule has 0 radical (unpaired) electrons. The van der Waals surface area contributed by atoms with Gasteiger partial charge in [0, 0.05) is 16.6 Å². The van der Waals surface area contributed by atoms with E-state index in [1.54, 1.807) is 0 Å². The van der Waals surface area contributed by atoms with Gasteiger partial charge < -0.3 is 15.4 Å². The number of nitrogens with one attached hydrogen (secondary N) is 2. The second kappa shape index (κ2) is 6.91. The lowest BCUT2D eigenvalue weighted by Crippen LogP contribution is -2.52. The minimum atomic E-state index is -0.0662. The van der Waals surface area contributed by atoms with Crippen LogP contribution in [-0.2, 0) is 4.79 Å². The summed E-state index contributed by atoms with van der Waals surface area (Å²) in [6.07, 6.45) is 2.13. The van der Waals surface area contributed by atoms with Crippen LogP contribution in [0.5, 0.6) is 5.75 Å². The predicted octanol–water partition coefficient (Wildman–Crippen LogP) is 2.08. The number of hydrogen-bond acceptors (Lipinski definition) is 3. The van der Waals surface area contributed by atoms with Crippen LogP contribution < -0.4 is 15.4 Å². The normalized spacial score (nSPS) is 22.8. The first kappa shape index (κ1) is 14.3. The van der Waals surface area contributed by atoms with Gasteiger partial charge in [0.25, 0.3) is 5.91 Å². The van der Waals surface area contributed by atoms with Crippen LogP contribution in [-0.4, -0.2) is 31.1 Å². The summed E-state index contributed by atoms with van der Waals surface area (Å²) in [6.45, 7) is 3.19. The third-order valence-electron chi connectivity index (χ3n) is 3.29. The van der Waals surface area contributed by atoms with Crippen molar-refractivity contribution in [3.63, 3.8) is 0 Å². The molecule has 4 nitrogen and oxygen atoms in total. The molecule has 1 aromatic rings. The lowest BCUT2D eigenvalue weighted by Gasteiger charge is -2.30. The Morgan fingerprint density at radius 3 is 2.89 bits per heavy atom. The molecule has 0 spiro atoms. The molecule has 0 bridgehead atoms. The van der Waals surface area contributed by atoms with Gasteiger partial charge in [-0.3, -0.25) is 4.79 Å². The molecule has 1 aliphatic heterocycles. The van der Waals surface area contributed by atoms with Crippen LogP contribution in [0.3, 0.4) is 0 Å². The van der Waals surface area contributed by atoms with E-state index in [0.29, 0.717) is 11.8 Å². The first-order valence-electron chi connectivity index (χ1n) is 6.56. The van der Waals surface area contributed by atoms with Crippen molar-refractivity contribution < 1.29 is 9.53 Å². The monoisotopic (exact) mass is 326 g/mol. The number of carbonyl (C=O) groups is 1. The van der Waals surface area contributed by atoms with E-state index in [1.807, 2.05) is 24.3 Å². The summed E-state index contributed by atoms with van der Waals surface area (Å²) in [4.78, 5) is 11.8. The van der Waals surface area contributed by atoms with E-state index >= 15 is 0 Å². The molecule has 2 N–H and O–H groups in total. The highest BCUT2D eigenvalue weighted by molar-refractivity contribution is 9.10. The van der Waals surface area contributed by atoms with Gasteiger partial charge >= 0.3 is 0 Å². The molecular formula is C14H19BrN2O2. The summed E-state index contributed by atoms with van der Waals surface area (Å²) >= 11 is 3.36. The number of hydrogen-bond donors (Lipinski definition) is 2. The van der Waals surface area contributed by atoms with E-state index < -0.39 is 0 Å². The van der Waals surface area contributed by atoms with Gasteiger partial charge in [0.2, 0.25) is 0 Å². The van der Waals surface area contributed by atoms with Crippen molar-refractivity contribution >= 4 is 21.8 Å². The topological polar surface area (TPSA) is 50.4 Å². The maximum atomic E-state index is 11.8. The standard InChI is InChI=1S/C14H19BrN2O2/c1-10-13(3-2-8-16-10)17-14(18)9-19-12-6-4-11(15)5-7-12/h4-7,10,13,16H,2-3,8-9H2,1H3,(H,17,18). The largest absolute Gasteiger partial charge is 0.484 e. The Morgan fingerprint density at radius 2 is 2.21 bits per heavy atom. The van der Waals surface area contributed by atoms with Gasteiger partial charge in [-0.25, -0.2) is 0 Å². The summed E-state index contributed by atoms with van der Waals surface area (Å²) in [5.74, 6) is 0.636. The van der Waals surface area contributed by atoms with E-state index in [9.17, 15) is 4.79 Å². The first-order valence-corrected chi connectivity index (χ1v) is 7.35. The zero-order valence-electron chi connectivity index (χ0n) is 11.0.